The molecule has 2 heterocycles. The Labute approximate surface area is 95.1 Å². The van der Waals surface area contributed by atoms with Crippen LogP contribution in [0.5, 0.6) is 0 Å². The number of carbonyl (C=O) groups is 2. The molecule has 0 aromatic carbocycles. The van der Waals surface area contributed by atoms with E-state index in [9.17, 15) is 9.59 Å². The topological polar surface area (TPSA) is 58.6 Å². The molecule has 1 unspecified atom stereocenters. The van der Waals surface area contributed by atoms with Crippen molar-refractivity contribution in [2.75, 3.05) is 26.3 Å². The van der Waals surface area contributed by atoms with Gasteiger partial charge >= 0.3 is 0 Å². The number of hydrogen-bond donors (Lipinski definition) is 1. The highest BCUT2D eigenvalue weighted by molar-refractivity contribution is 5.96. The van der Waals surface area contributed by atoms with Crippen molar-refractivity contribution in [3.8, 4) is 0 Å². The summed E-state index contributed by atoms with van der Waals surface area (Å²) in [5, 5.41) is 3.26. The lowest BCUT2D eigenvalue weighted by Gasteiger charge is -2.28. The van der Waals surface area contributed by atoms with Crippen LogP contribution in [-0.4, -0.2) is 49.1 Å². The van der Waals surface area contributed by atoms with E-state index in [4.69, 9.17) is 4.74 Å². The van der Waals surface area contributed by atoms with Crippen molar-refractivity contribution in [2.24, 2.45) is 0 Å². The molecule has 0 aromatic heterocycles. The van der Waals surface area contributed by atoms with Crippen LogP contribution in [0.15, 0.2) is 0 Å². The standard InChI is InChI=1S/C11H18N2O3/c14-10-3-1-2-4-11(15)13(10)7-9-8-16-6-5-12-9/h9,12H,1-8H2. The Balaban J connectivity index is 1.94. The summed E-state index contributed by atoms with van der Waals surface area (Å²) in [4.78, 5) is 24.9. The molecule has 2 aliphatic heterocycles. The summed E-state index contributed by atoms with van der Waals surface area (Å²) in [7, 11) is 0. The third kappa shape index (κ3) is 2.80. The highest BCUT2D eigenvalue weighted by Crippen LogP contribution is 2.13. The summed E-state index contributed by atoms with van der Waals surface area (Å²) in [5.41, 5.74) is 0. The van der Waals surface area contributed by atoms with E-state index < -0.39 is 0 Å². The zero-order valence-electron chi connectivity index (χ0n) is 9.41. The molecular weight excluding hydrogens is 208 g/mol. The number of rotatable bonds is 2. The highest BCUT2D eigenvalue weighted by Gasteiger charge is 2.27. The fraction of sp³-hybridized carbons (Fsp3) is 0.818. The second-order valence-electron chi connectivity index (χ2n) is 4.33. The maximum Gasteiger partial charge on any atom is 0.229 e. The van der Waals surface area contributed by atoms with E-state index in [1.807, 2.05) is 0 Å². The Bertz CT molecular complexity index is 256. The van der Waals surface area contributed by atoms with Crippen LogP contribution in [0.4, 0.5) is 0 Å². The number of morpholine rings is 1. The number of ether oxygens (including phenoxy) is 1. The molecule has 2 aliphatic rings. The molecule has 2 saturated heterocycles. The summed E-state index contributed by atoms with van der Waals surface area (Å²) in [5.74, 6) is -0.0650. The Morgan fingerprint density at radius 2 is 1.94 bits per heavy atom. The first kappa shape index (κ1) is 11.5. The van der Waals surface area contributed by atoms with Crippen LogP contribution in [0.3, 0.4) is 0 Å². The van der Waals surface area contributed by atoms with E-state index >= 15 is 0 Å². The Morgan fingerprint density at radius 3 is 2.50 bits per heavy atom. The lowest BCUT2D eigenvalue weighted by molar-refractivity contribution is -0.144. The second-order valence-corrected chi connectivity index (χ2v) is 4.33. The van der Waals surface area contributed by atoms with E-state index in [0.29, 0.717) is 32.6 Å². The number of hydrogen-bond acceptors (Lipinski definition) is 4. The molecule has 90 valence electrons. The molecule has 5 nitrogen and oxygen atoms in total. The van der Waals surface area contributed by atoms with Gasteiger partial charge in [-0.25, -0.2) is 0 Å². The van der Waals surface area contributed by atoms with Crippen molar-refractivity contribution in [3.63, 3.8) is 0 Å². The molecule has 0 bridgehead atoms. The molecule has 0 aliphatic carbocycles. The number of amides is 2. The van der Waals surface area contributed by atoms with Gasteiger partial charge in [0.2, 0.25) is 11.8 Å². The maximum atomic E-state index is 11.7. The normalized spacial score (nSPS) is 28.0. The predicted octanol–water partition coefficient (Wildman–Crippen LogP) is -0.0960. The number of likely N-dealkylation sites (tertiary alicyclic amines) is 1. The quantitative estimate of drug-likeness (QED) is 0.668. The van der Waals surface area contributed by atoms with E-state index in [2.05, 4.69) is 5.32 Å². The van der Waals surface area contributed by atoms with Crippen LogP contribution < -0.4 is 5.32 Å². The van der Waals surface area contributed by atoms with E-state index in [1.165, 1.54) is 4.90 Å². The first-order valence-electron chi connectivity index (χ1n) is 5.91. The molecule has 1 atom stereocenters. The molecule has 0 saturated carbocycles. The van der Waals surface area contributed by atoms with Crippen molar-refractivity contribution < 1.29 is 14.3 Å². The summed E-state index contributed by atoms with van der Waals surface area (Å²) in [6, 6.07) is 0.0970. The average molecular weight is 226 g/mol. The number of nitrogens with zero attached hydrogens (tertiary/aromatic N) is 1. The van der Waals surface area contributed by atoms with Gasteiger partial charge in [-0.1, -0.05) is 0 Å². The van der Waals surface area contributed by atoms with Gasteiger partial charge in [0.1, 0.15) is 0 Å². The largest absolute Gasteiger partial charge is 0.378 e. The number of imide groups is 1. The number of carbonyl (C=O) groups excluding carboxylic acids is 2. The molecule has 0 aromatic rings. The third-order valence-electron chi connectivity index (χ3n) is 3.03. The van der Waals surface area contributed by atoms with Gasteiger partial charge in [-0.15, -0.1) is 0 Å². The molecule has 1 N–H and O–H groups in total. The summed E-state index contributed by atoms with van der Waals surface area (Å²) < 4.78 is 5.31. The molecule has 2 rings (SSSR count). The van der Waals surface area contributed by atoms with E-state index in [0.717, 1.165) is 19.4 Å². The minimum Gasteiger partial charge on any atom is -0.378 e. The van der Waals surface area contributed by atoms with Crippen LogP contribution in [0.1, 0.15) is 25.7 Å². The minimum absolute atomic E-state index is 0.0325. The first-order chi connectivity index (χ1) is 7.77. The van der Waals surface area contributed by atoms with Crippen molar-refractivity contribution in [2.45, 2.75) is 31.7 Å². The minimum atomic E-state index is -0.0325. The predicted molar refractivity (Wildman–Crippen MR) is 57.8 cm³/mol. The lowest BCUT2D eigenvalue weighted by Crippen LogP contribution is -2.51. The Kier molecular flexibility index (Phi) is 3.90. The van der Waals surface area contributed by atoms with E-state index in [-0.39, 0.29) is 17.9 Å². The second kappa shape index (κ2) is 5.41. The lowest BCUT2D eigenvalue weighted by atomic mass is 10.2. The SMILES string of the molecule is O=C1CCCCC(=O)N1CC1COCCN1. The Morgan fingerprint density at radius 1 is 1.25 bits per heavy atom. The van der Waals surface area contributed by atoms with Crippen molar-refractivity contribution in [1.29, 1.82) is 0 Å². The fourth-order valence-electron chi connectivity index (χ4n) is 2.12. The van der Waals surface area contributed by atoms with Crippen molar-refractivity contribution >= 4 is 11.8 Å². The van der Waals surface area contributed by atoms with Crippen LogP contribution in [-0.2, 0) is 14.3 Å². The molecule has 16 heavy (non-hydrogen) atoms. The monoisotopic (exact) mass is 226 g/mol. The molecule has 2 fully saturated rings. The Hall–Kier alpha value is -0.940. The molecule has 0 radical (unpaired) electrons. The molecule has 5 heteroatoms. The zero-order valence-corrected chi connectivity index (χ0v) is 9.41. The number of nitrogens with one attached hydrogen (secondary N) is 1. The van der Waals surface area contributed by atoms with Gasteiger partial charge in [0.15, 0.2) is 0 Å². The summed E-state index contributed by atoms with van der Waals surface area (Å²) >= 11 is 0. The molecule has 0 spiro atoms. The van der Waals surface area contributed by atoms with Gasteiger partial charge in [0, 0.05) is 32.0 Å². The van der Waals surface area contributed by atoms with Crippen LogP contribution in [0.2, 0.25) is 0 Å². The molecule has 2 amide bonds. The van der Waals surface area contributed by atoms with Gasteiger partial charge in [-0.05, 0) is 12.8 Å². The highest BCUT2D eigenvalue weighted by atomic mass is 16.5. The first-order valence-corrected chi connectivity index (χ1v) is 5.91. The van der Waals surface area contributed by atoms with Gasteiger partial charge in [-0.2, -0.15) is 0 Å². The smallest absolute Gasteiger partial charge is 0.229 e. The van der Waals surface area contributed by atoms with Gasteiger partial charge < -0.3 is 10.1 Å². The van der Waals surface area contributed by atoms with Crippen LogP contribution >= 0.6 is 0 Å². The molecular formula is C11H18N2O3. The van der Waals surface area contributed by atoms with Gasteiger partial charge in [0.05, 0.1) is 13.2 Å². The zero-order chi connectivity index (χ0) is 11.4. The average Bonchev–Trinajstić information content (AvgIpc) is 2.46. The van der Waals surface area contributed by atoms with Crippen LogP contribution in [0.25, 0.3) is 0 Å². The van der Waals surface area contributed by atoms with Crippen molar-refractivity contribution in [3.05, 3.63) is 0 Å². The summed E-state index contributed by atoms with van der Waals surface area (Å²) in [6.07, 6.45) is 2.66. The van der Waals surface area contributed by atoms with Crippen molar-refractivity contribution in [1.82, 2.24) is 10.2 Å². The maximum absolute atomic E-state index is 11.7. The third-order valence-corrected chi connectivity index (χ3v) is 3.03. The van der Waals surface area contributed by atoms with Crippen LogP contribution in [0, 0.1) is 0 Å². The summed E-state index contributed by atoms with van der Waals surface area (Å²) in [6.45, 7) is 2.54. The van der Waals surface area contributed by atoms with Gasteiger partial charge in [0.25, 0.3) is 0 Å². The fourth-order valence-corrected chi connectivity index (χ4v) is 2.12. The van der Waals surface area contributed by atoms with E-state index in [1.54, 1.807) is 0 Å². The van der Waals surface area contributed by atoms with Gasteiger partial charge in [-0.3, -0.25) is 14.5 Å².